The first-order valence-electron chi connectivity index (χ1n) is 13.3. The fourth-order valence-corrected chi connectivity index (χ4v) is 4.80. The molecule has 2 aromatic rings. The lowest BCUT2D eigenvalue weighted by Gasteiger charge is -2.30. The Morgan fingerprint density at radius 2 is 0.722 bits per heavy atom. The highest BCUT2D eigenvalue weighted by Crippen LogP contribution is 2.44. The fraction of sp³-hybridized carbons (Fsp3) is 0.606. The number of benzene rings is 2. The van der Waals surface area contributed by atoms with E-state index in [1.54, 1.807) is 0 Å². The van der Waals surface area contributed by atoms with Crippen molar-refractivity contribution in [2.45, 2.75) is 130 Å². The van der Waals surface area contributed by atoms with Gasteiger partial charge in [-0.15, -0.1) is 0 Å². The molecule has 2 unspecified atom stereocenters. The molecule has 2 N–H and O–H groups in total. The van der Waals surface area contributed by atoms with Crippen LogP contribution in [0.2, 0.25) is 0 Å². The van der Waals surface area contributed by atoms with Crippen LogP contribution in [-0.2, 0) is 26.5 Å². The van der Waals surface area contributed by atoms with Crippen LogP contribution in [-0.4, -0.2) is 16.0 Å². The highest BCUT2D eigenvalue weighted by molar-refractivity contribution is 5.91. The highest BCUT2D eigenvalue weighted by Gasteiger charge is 2.32. The minimum atomic E-state index is -0.340. The van der Waals surface area contributed by atoms with Crippen LogP contribution in [0.5, 0.6) is 11.5 Å². The fourth-order valence-electron chi connectivity index (χ4n) is 4.80. The van der Waals surface area contributed by atoms with Gasteiger partial charge in [0.05, 0.1) is 0 Å². The predicted octanol–water partition coefficient (Wildman–Crippen LogP) is 8.76. The second kappa shape index (κ2) is 9.54. The molecule has 0 amide bonds. The molecule has 0 saturated heterocycles. The number of rotatable bonds is 4. The number of Topliss-reactive ketones (excluding diaryl/α,β-unsaturated/α-hetero) is 1. The van der Waals surface area contributed by atoms with Gasteiger partial charge < -0.3 is 10.2 Å². The number of ketones is 1. The number of hydrogen-bond acceptors (Lipinski definition) is 3. The smallest absolute Gasteiger partial charge is 0.147 e. The van der Waals surface area contributed by atoms with Crippen LogP contribution in [0.15, 0.2) is 24.3 Å². The van der Waals surface area contributed by atoms with Gasteiger partial charge in [0, 0.05) is 11.8 Å². The molecule has 0 spiro atoms. The van der Waals surface area contributed by atoms with E-state index in [-0.39, 0.29) is 39.3 Å². The molecule has 2 rings (SSSR count). The Morgan fingerprint density at radius 1 is 0.528 bits per heavy atom. The normalized spacial score (nSPS) is 15.1. The highest BCUT2D eigenvalue weighted by atomic mass is 16.3. The number of hydrogen-bond donors (Lipinski definition) is 2. The van der Waals surface area contributed by atoms with Crippen molar-refractivity contribution in [3.05, 3.63) is 57.6 Å². The van der Waals surface area contributed by atoms with Crippen LogP contribution in [0, 0.1) is 0 Å². The molecule has 2 aromatic carbocycles. The van der Waals surface area contributed by atoms with Gasteiger partial charge in [0.25, 0.3) is 0 Å². The standard InChI is InChI=1S/C33H50O3/c1-19(21-15-23(30(3,4)5)28(35)24(16-21)31(6,7)8)27(34)20(2)22-17-25(32(9,10)11)29(36)26(18-22)33(12,13)14/h15-20,35-36H,1-14H3. The van der Waals surface area contributed by atoms with Gasteiger partial charge in [0.2, 0.25) is 0 Å². The minimum Gasteiger partial charge on any atom is -0.507 e. The summed E-state index contributed by atoms with van der Waals surface area (Å²) in [6.07, 6.45) is 0. The molecule has 0 aliphatic heterocycles. The Labute approximate surface area is 220 Å². The van der Waals surface area contributed by atoms with Crippen molar-refractivity contribution >= 4 is 5.78 Å². The summed E-state index contributed by atoms with van der Waals surface area (Å²) < 4.78 is 0. The van der Waals surface area contributed by atoms with Crippen LogP contribution >= 0.6 is 0 Å². The Bertz CT molecular complexity index is 966. The number of carbonyl (C=O) groups is 1. The Hall–Kier alpha value is -2.29. The zero-order valence-corrected chi connectivity index (χ0v) is 25.3. The average molecular weight is 495 g/mol. The predicted molar refractivity (Wildman–Crippen MR) is 153 cm³/mol. The van der Waals surface area contributed by atoms with Crippen molar-refractivity contribution in [3.8, 4) is 11.5 Å². The number of aromatic hydroxyl groups is 2. The molecule has 3 heteroatoms. The lowest BCUT2D eigenvalue weighted by Crippen LogP contribution is -2.22. The molecule has 2 atom stereocenters. The maximum atomic E-state index is 13.9. The second-order valence-electron chi connectivity index (χ2n) is 14.8. The van der Waals surface area contributed by atoms with E-state index in [4.69, 9.17) is 0 Å². The molecule has 0 fully saturated rings. The summed E-state index contributed by atoms with van der Waals surface area (Å²) in [7, 11) is 0. The molecule has 0 heterocycles. The molecule has 0 aromatic heterocycles. The monoisotopic (exact) mass is 494 g/mol. The molecule has 36 heavy (non-hydrogen) atoms. The third-order valence-electron chi connectivity index (χ3n) is 7.35. The van der Waals surface area contributed by atoms with Gasteiger partial charge in [0.15, 0.2) is 0 Å². The van der Waals surface area contributed by atoms with E-state index in [9.17, 15) is 15.0 Å². The SMILES string of the molecule is CC(C(=O)C(C)c1cc(C(C)(C)C)c(O)c(C(C)(C)C)c1)c1cc(C(C)(C)C)c(O)c(C(C)(C)C)c1. The molecule has 3 nitrogen and oxygen atoms in total. The Morgan fingerprint density at radius 3 is 0.889 bits per heavy atom. The molecule has 200 valence electrons. The summed E-state index contributed by atoms with van der Waals surface area (Å²) in [6.45, 7) is 29.0. The van der Waals surface area contributed by atoms with Gasteiger partial charge in [-0.05, 0) is 55.0 Å². The topological polar surface area (TPSA) is 57.5 Å². The van der Waals surface area contributed by atoms with E-state index in [1.807, 2.05) is 38.1 Å². The van der Waals surface area contributed by atoms with Crippen molar-refractivity contribution in [2.75, 3.05) is 0 Å². The quantitative estimate of drug-likeness (QED) is 0.446. The van der Waals surface area contributed by atoms with Crippen LogP contribution in [0.3, 0.4) is 0 Å². The van der Waals surface area contributed by atoms with Gasteiger partial charge in [0.1, 0.15) is 17.3 Å². The minimum absolute atomic E-state index is 0.130. The summed E-state index contributed by atoms with van der Waals surface area (Å²) in [5, 5.41) is 22.2. The van der Waals surface area contributed by atoms with Crippen molar-refractivity contribution in [2.24, 2.45) is 0 Å². The van der Waals surface area contributed by atoms with Gasteiger partial charge in [-0.3, -0.25) is 4.79 Å². The van der Waals surface area contributed by atoms with E-state index in [2.05, 4.69) is 83.1 Å². The van der Waals surface area contributed by atoms with Gasteiger partial charge in [-0.1, -0.05) is 121 Å². The van der Waals surface area contributed by atoms with Crippen molar-refractivity contribution in [1.82, 2.24) is 0 Å². The van der Waals surface area contributed by atoms with Crippen LogP contribution in [0.4, 0.5) is 0 Å². The summed E-state index contributed by atoms with van der Waals surface area (Å²) in [6, 6.07) is 8.05. The molecule has 0 radical (unpaired) electrons. The van der Waals surface area contributed by atoms with E-state index >= 15 is 0 Å². The maximum absolute atomic E-state index is 13.9. The van der Waals surface area contributed by atoms with E-state index in [0.29, 0.717) is 11.5 Å². The van der Waals surface area contributed by atoms with Crippen molar-refractivity contribution < 1.29 is 15.0 Å². The van der Waals surface area contributed by atoms with Gasteiger partial charge >= 0.3 is 0 Å². The van der Waals surface area contributed by atoms with Crippen LogP contribution < -0.4 is 0 Å². The third-order valence-corrected chi connectivity index (χ3v) is 7.35. The summed E-state index contributed by atoms with van der Waals surface area (Å²) >= 11 is 0. The van der Waals surface area contributed by atoms with Gasteiger partial charge in [-0.25, -0.2) is 0 Å². The number of phenolic OH excluding ortho intramolecular Hbond substituents is 2. The first kappa shape index (κ1) is 29.9. The Balaban J connectivity index is 2.66. The zero-order valence-electron chi connectivity index (χ0n) is 25.3. The zero-order chi connectivity index (χ0) is 28.2. The third kappa shape index (κ3) is 6.15. The van der Waals surface area contributed by atoms with E-state index < -0.39 is 0 Å². The lowest BCUT2D eigenvalue weighted by molar-refractivity contribution is -0.121. The van der Waals surface area contributed by atoms with Crippen LogP contribution in [0.25, 0.3) is 0 Å². The number of carbonyl (C=O) groups excluding carboxylic acids is 1. The van der Waals surface area contributed by atoms with Crippen molar-refractivity contribution in [1.29, 1.82) is 0 Å². The summed E-state index contributed by atoms with van der Waals surface area (Å²) in [5.41, 5.74) is 4.32. The summed E-state index contributed by atoms with van der Waals surface area (Å²) in [5.74, 6) is 0.107. The molecule has 0 aliphatic carbocycles. The first-order chi connectivity index (χ1) is 16.0. The average Bonchev–Trinajstić information content (AvgIpc) is 2.69. The maximum Gasteiger partial charge on any atom is 0.147 e. The summed E-state index contributed by atoms with van der Waals surface area (Å²) in [4.78, 5) is 13.9. The molecular weight excluding hydrogens is 444 g/mol. The molecule has 0 bridgehead atoms. The van der Waals surface area contributed by atoms with Crippen molar-refractivity contribution in [3.63, 3.8) is 0 Å². The largest absolute Gasteiger partial charge is 0.507 e. The second-order valence-corrected chi connectivity index (χ2v) is 14.8. The van der Waals surface area contributed by atoms with Gasteiger partial charge in [-0.2, -0.15) is 0 Å². The molecule has 0 aliphatic rings. The lowest BCUT2D eigenvalue weighted by atomic mass is 9.74. The van der Waals surface area contributed by atoms with E-state index in [1.165, 1.54) is 0 Å². The number of phenols is 2. The van der Waals surface area contributed by atoms with E-state index in [0.717, 1.165) is 33.4 Å². The van der Waals surface area contributed by atoms with Crippen LogP contribution in [0.1, 0.15) is 142 Å². The molecule has 0 saturated carbocycles. The molecular formula is C33H50O3. The first-order valence-corrected chi connectivity index (χ1v) is 13.3. The Kier molecular flexibility index (Phi) is 7.94.